The van der Waals surface area contributed by atoms with Crippen molar-refractivity contribution in [3.63, 3.8) is 0 Å². The number of rotatable bonds is 5. The van der Waals surface area contributed by atoms with Gasteiger partial charge in [0.15, 0.2) is 0 Å². The summed E-state index contributed by atoms with van der Waals surface area (Å²) in [6.07, 6.45) is 4.76. The van der Waals surface area contributed by atoms with Crippen molar-refractivity contribution in [3.05, 3.63) is 49.8 Å². The molecule has 1 N–H and O–H groups in total. The molecule has 0 aliphatic carbocycles. The number of hydrogen-bond donors (Lipinski definition) is 1. The number of thiophene rings is 1. The van der Waals surface area contributed by atoms with Crippen molar-refractivity contribution in [2.45, 2.75) is 19.4 Å². The topological polar surface area (TPSA) is 24.9 Å². The number of pyridine rings is 1. The van der Waals surface area contributed by atoms with Gasteiger partial charge in [0.05, 0.1) is 11.1 Å². The van der Waals surface area contributed by atoms with Gasteiger partial charge < -0.3 is 5.32 Å². The van der Waals surface area contributed by atoms with Gasteiger partial charge in [0.2, 0.25) is 0 Å². The van der Waals surface area contributed by atoms with E-state index in [1.165, 1.54) is 0 Å². The lowest BCUT2D eigenvalue weighted by Gasteiger charge is -2.18. The highest BCUT2D eigenvalue weighted by molar-refractivity contribution is 9.10. The van der Waals surface area contributed by atoms with Gasteiger partial charge >= 0.3 is 0 Å². The molecule has 5 heteroatoms. The number of hydrogen-bond acceptors (Lipinski definition) is 3. The first kappa shape index (κ1) is 14.0. The average molecular weight is 346 g/mol. The molecule has 0 aliphatic heterocycles. The Bertz CT molecular complexity index is 515. The third-order valence-corrected chi connectivity index (χ3v) is 4.42. The Balaban J connectivity index is 2.33. The fourth-order valence-electron chi connectivity index (χ4n) is 1.75. The molecule has 0 saturated carbocycles. The zero-order chi connectivity index (χ0) is 13.0. The molecule has 0 saturated heterocycles. The second kappa shape index (κ2) is 6.66. The molecule has 2 aromatic heterocycles. The van der Waals surface area contributed by atoms with Crippen LogP contribution in [0, 0.1) is 0 Å². The minimum Gasteiger partial charge on any atom is -0.306 e. The Morgan fingerprint density at radius 1 is 1.50 bits per heavy atom. The summed E-state index contributed by atoms with van der Waals surface area (Å²) < 4.78 is 0.982. The molecule has 2 nitrogen and oxygen atoms in total. The van der Waals surface area contributed by atoms with Crippen molar-refractivity contribution in [3.8, 4) is 0 Å². The molecular weight excluding hydrogens is 332 g/mol. The highest BCUT2D eigenvalue weighted by atomic mass is 79.9. The van der Waals surface area contributed by atoms with Crippen LogP contribution in [0.2, 0.25) is 5.02 Å². The van der Waals surface area contributed by atoms with Crippen LogP contribution in [0.15, 0.2) is 34.4 Å². The largest absolute Gasteiger partial charge is 0.306 e. The van der Waals surface area contributed by atoms with Gasteiger partial charge in [0.25, 0.3) is 0 Å². The molecule has 0 spiro atoms. The SMILES string of the molecule is CCCNC(c1cncc(Br)c1)c1sccc1Cl. The van der Waals surface area contributed by atoms with Gasteiger partial charge in [-0.15, -0.1) is 11.3 Å². The van der Waals surface area contributed by atoms with Crippen LogP contribution in [-0.4, -0.2) is 11.5 Å². The van der Waals surface area contributed by atoms with Crippen molar-refractivity contribution >= 4 is 38.9 Å². The van der Waals surface area contributed by atoms with Gasteiger partial charge in [0.1, 0.15) is 0 Å². The number of aromatic nitrogens is 1. The van der Waals surface area contributed by atoms with Crippen LogP contribution in [0.25, 0.3) is 0 Å². The first-order valence-electron chi connectivity index (χ1n) is 5.79. The first-order valence-corrected chi connectivity index (χ1v) is 7.84. The summed E-state index contributed by atoms with van der Waals surface area (Å²) in [5.41, 5.74) is 1.13. The minimum absolute atomic E-state index is 0.113. The van der Waals surface area contributed by atoms with E-state index in [1.54, 1.807) is 17.5 Å². The third-order valence-electron chi connectivity index (χ3n) is 2.56. The molecule has 96 valence electrons. The van der Waals surface area contributed by atoms with Crippen LogP contribution in [-0.2, 0) is 0 Å². The van der Waals surface area contributed by atoms with E-state index >= 15 is 0 Å². The molecular formula is C13H14BrClN2S. The van der Waals surface area contributed by atoms with Crippen LogP contribution in [0.1, 0.15) is 29.8 Å². The molecule has 0 aliphatic rings. The van der Waals surface area contributed by atoms with Gasteiger partial charge in [-0.3, -0.25) is 4.98 Å². The average Bonchev–Trinajstić information content (AvgIpc) is 2.77. The maximum Gasteiger partial charge on any atom is 0.0701 e. The quantitative estimate of drug-likeness (QED) is 0.853. The Labute approximate surface area is 125 Å². The Hall–Kier alpha value is -0.420. The normalized spacial score (nSPS) is 12.6. The molecule has 0 amide bonds. The Morgan fingerprint density at radius 3 is 2.94 bits per heavy atom. The number of halogens is 2. The molecule has 1 unspecified atom stereocenters. The minimum atomic E-state index is 0.113. The second-order valence-corrected chi connectivity index (χ2v) is 6.23. The molecule has 2 heterocycles. The lowest BCUT2D eigenvalue weighted by molar-refractivity contribution is 0.604. The molecule has 18 heavy (non-hydrogen) atoms. The van der Waals surface area contributed by atoms with Crippen LogP contribution < -0.4 is 5.32 Å². The maximum absolute atomic E-state index is 6.24. The van der Waals surface area contributed by atoms with Crippen LogP contribution >= 0.6 is 38.9 Å². The summed E-state index contributed by atoms with van der Waals surface area (Å²) in [5.74, 6) is 0. The molecule has 0 bridgehead atoms. The summed E-state index contributed by atoms with van der Waals surface area (Å²) in [5, 5.41) is 6.35. The zero-order valence-corrected chi connectivity index (χ0v) is 13.1. The molecule has 0 aromatic carbocycles. The van der Waals surface area contributed by atoms with E-state index in [9.17, 15) is 0 Å². The van der Waals surface area contributed by atoms with E-state index in [0.717, 1.165) is 32.9 Å². The van der Waals surface area contributed by atoms with E-state index in [4.69, 9.17) is 11.6 Å². The van der Waals surface area contributed by atoms with Gasteiger partial charge in [-0.05, 0) is 52.0 Å². The van der Waals surface area contributed by atoms with Gasteiger partial charge in [-0.25, -0.2) is 0 Å². The van der Waals surface area contributed by atoms with Gasteiger partial charge in [0, 0.05) is 21.7 Å². The Morgan fingerprint density at radius 2 is 2.33 bits per heavy atom. The lowest BCUT2D eigenvalue weighted by atomic mass is 10.1. The smallest absolute Gasteiger partial charge is 0.0701 e. The van der Waals surface area contributed by atoms with Crippen molar-refractivity contribution < 1.29 is 0 Å². The predicted molar refractivity (Wildman–Crippen MR) is 81.4 cm³/mol. The standard InChI is InChI=1S/C13H14BrClN2S/c1-2-4-17-12(13-11(15)3-5-18-13)9-6-10(14)8-16-7-9/h3,5-8,12,17H,2,4H2,1H3. The van der Waals surface area contributed by atoms with E-state index < -0.39 is 0 Å². The summed E-state index contributed by atoms with van der Waals surface area (Å²) in [6, 6.07) is 4.13. The zero-order valence-electron chi connectivity index (χ0n) is 9.99. The third kappa shape index (κ3) is 3.32. The fourth-order valence-corrected chi connectivity index (χ4v) is 3.40. The summed E-state index contributed by atoms with van der Waals surface area (Å²) in [6.45, 7) is 3.10. The first-order chi connectivity index (χ1) is 8.72. The predicted octanol–water partition coefficient (Wildman–Crippen LogP) is 4.65. The van der Waals surface area contributed by atoms with Crippen molar-refractivity contribution in [2.75, 3.05) is 6.54 Å². The van der Waals surface area contributed by atoms with E-state index in [2.05, 4.69) is 39.2 Å². The van der Waals surface area contributed by atoms with E-state index in [0.29, 0.717) is 0 Å². The summed E-state index contributed by atoms with van der Waals surface area (Å²) >= 11 is 11.4. The number of nitrogens with zero attached hydrogens (tertiary/aromatic N) is 1. The van der Waals surface area contributed by atoms with Crippen LogP contribution in [0.4, 0.5) is 0 Å². The summed E-state index contributed by atoms with van der Waals surface area (Å²) in [4.78, 5) is 5.37. The second-order valence-electron chi connectivity index (χ2n) is 3.96. The molecule has 2 rings (SSSR count). The highest BCUT2D eigenvalue weighted by Crippen LogP contribution is 2.33. The van der Waals surface area contributed by atoms with Crippen LogP contribution in [0.3, 0.4) is 0 Å². The summed E-state index contributed by atoms with van der Waals surface area (Å²) in [7, 11) is 0. The van der Waals surface area contributed by atoms with E-state index in [-0.39, 0.29) is 6.04 Å². The van der Waals surface area contributed by atoms with Gasteiger partial charge in [-0.2, -0.15) is 0 Å². The van der Waals surface area contributed by atoms with Crippen LogP contribution in [0.5, 0.6) is 0 Å². The highest BCUT2D eigenvalue weighted by Gasteiger charge is 2.18. The molecule has 0 fully saturated rings. The van der Waals surface area contributed by atoms with Crippen molar-refractivity contribution in [2.24, 2.45) is 0 Å². The number of nitrogens with one attached hydrogen (secondary N) is 1. The maximum atomic E-state index is 6.24. The van der Waals surface area contributed by atoms with Gasteiger partial charge in [-0.1, -0.05) is 18.5 Å². The fraction of sp³-hybridized carbons (Fsp3) is 0.308. The Kier molecular flexibility index (Phi) is 5.18. The van der Waals surface area contributed by atoms with Crippen molar-refractivity contribution in [1.29, 1.82) is 0 Å². The molecule has 0 radical (unpaired) electrons. The molecule has 1 atom stereocenters. The lowest BCUT2D eigenvalue weighted by Crippen LogP contribution is -2.22. The van der Waals surface area contributed by atoms with Crippen molar-refractivity contribution in [1.82, 2.24) is 10.3 Å². The molecule has 2 aromatic rings. The monoisotopic (exact) mass is 344 g/mol. The van der Waals surface area contributed by atoms with E-state index in [1.807, 2.05) is 17.6 Å².